The van der Waals surface area contributed by atoms with Crippen molar-refractivity contribution in [1.82, 2.24) is 5.32 Å². The second-order valence-corrected chi connectivity index (χ2v) is 5.44. The minimum absolute atomic E-state index is 0.0260. The summed E-state index contributed by atoms with van der Waals surface area (Å²) in [4.78, 5) is 12.1. The van der Waals surface area contributed by atoms with Gasteiger partial charge < -0.3 is 15.2 Å². The Balaban J connectivity index is 2.04. The van der Waals surface area contributed by atoms with E-state index in [1.165, 1.54) is 7.11 Å². The Bertz CT molecular complexity index is 676. The molecule has 0 aliphatic heterocycles. The van der Waals surface area contributed by atoms with E-state index < -0.39 is 6.10 Å². The Morgan fingerprint density at radius 2 is 2.00 bits per heavy atom. The first-order valence-electron chi connectivity index (χ1n) is 6.57. The van der Waals surface area contributed by atoms with Crippen LogP contribution in [0.15, 0.2) is 42.5 Å². The molecule has 116 valence electrons. The van der Waals surface area contributed by atoms with E-state index in [0.29, 0.717) is 26.9 Å². The topological polar surface area (TPSA) is 58.6 Å². The standard InChI is InChI=1S/C16H15Cl2NO3/c1-22-15-5-3-2-4-12(15)16(21)19-9-14(20)11-7-6-10(17)8-13(11)18/h2-8,14,20H,9H2,1H3,(H,19,21). The number of rotatable bonds is 5. The maximum Gasteiger partial charge on any atom is 0.255 e. The highest BCUT2D eigenvalue weighted by atomic mass is 35.5. The number of para-hydroxylation sites is 1. The third kappa shape index (κ3) is 3.91. The first-order valence-corrected chi connectivity index (χ1v) is 7.32. The van der Waals surface area contributed by atoms with Crippen molar-refractivity contribution >= 4 is 29.1 Å². The van der Waals surface area contributed by atoms with Gasteiger partial charge in [0.15, 0.2) is 0 Å². The highest BCUT2D eigenvalue weighted by Crippen LogP contribution is 2.26. The van der Waals surface area contributed by atoms with Gasteiger partial charge in [-0.3, -0.25) is 4.79 Å². The predicted octanol–water partition coefficient (Wildman–Crippen LogP) is 3.47. The number of hydrogen-bond donors (Lipinski definition) is 2. The number of amides is 1. The van der Waals surface area contributed by atoms with Gasteiger partial charge in [0.2, 0.25) is 0 Å². The molecule has 2 rings (SSSR count). The number of halogens is 2. The molecule has 6 heteroatoms. The fourth-order valence-corrected chi connectivity index (χ4v) is 2.53. The van der Waals surface area contributed by atoms with Gasteiger partial charge in [-0.25, -0.2) is 0 Å². The van der Waals surface area contributed by atoms with Crippen molar-refractivity contribution in [2.24, 2.45) is 0 Å². The third-order valence-corrected chi connectivity index (χ3v) is 3.69. The van der Waals surface area contributed by atoms with Crippen LogP contribution in [0, 0.1) is 0 Å². The average Bonchev–Trinajstić information content (AvgIpc) is 2.52. The number of carbonyl (C=O) groups is 1. The van der Waals surface area contributed by atoms with Crippen molar-refractivity contribution in [3.8, 4) is 5.75 Å². The molecule has 0 aliphatic carbocycles. The van der Waals surface area contributed by atoms with Gasteiger partial charge in [-0.15, -0.1) is 0 Å². The minimum Gasteiger partial charge on any atom is -0.496 e. The largest absolute Gasteiger partial charge is 0.496 e. The normalized spacial score (nSPS) is 11.8. The van der Waals surface area contributed by atoms with Gasteiger partial charge in [0, 0.05) is 22.2 Å². The van der Waals surface area contributed by atoms with E-state index in [-0.39, 0.29) is 12.5 Å². The molecule has 4 nitrogen and oxygen atoms in total. The summed E-state index contributed by atoms with van der Waals surface area (Å²) in [5, 5.41) is 13.6. The molecule has 2 aromatic carbocycles. The van der Waals surface area contributed by atoms with Crippen LogP contribution >= 0.6 is 23.2 Å². The summed E-state index contributed by atoms with van der Waals surface area (Å²) in [6, 6.07) is 11.7. The van der Waals surface area contributed by atoms with Crippen LogP contribution in [0.4, 0.5) is 0 Å². The Morgan fingerprint density at radius 3 is 2.68 bits per heavy atom. The summed E-state index contributed by atoms with van der Waals surface area (Å²) in [5.74, 6) is 0.139. The molecule has 0 bridgehead atoms. The third-order valence-electron chi connectivity index (χ3n) is 3.13. The second-order valence-electron chi connectivity index (χ2n) is 4.59. The molecule has 0 saturated heterocycles. The number of aliphatic hydroxyl groups excluding tert-OH is 1. The molecule has 0 saturated carbocycles. The summed E-state index contributed by atoms with van der Waals surface area (Å²) >= 11 is 11.8. The van der Waals surface area contributed by atoms with Crippen LogP contribution in [0.5, 0.6) is 5.75 Å². The van der Waals surface area contributed by atoms with Gasteiger partial charge in [0.25, 0.3) is 5.91 Å². The number of carbonyl (C=O) groups excluding carboxylic acids is 1. The van der Waals surface area contributed by atoms with Crippen molar-refractivity contribution in [1.29, 1.82) is 0 Å². The van der Waals surface area contributed by atoms with Crippen molar-refractivity contribution < 1.29 is 14.6 Å². The molecule has 22 heavy (non-hydrogen) atoms. The Morgan fingerprint density at radius 1 is 1.27 bits per heavy atom. The Labute approximate surface area is 138 Å². The van der Waals surface area contributed by atoms with Gasteiger partial charge in [-0.1, -0.05) is 41.4 Å². The Kier molecular flexibility index (Phi) is 5.66. The molecular formula is C16H15Cl2NO3. The first kappa shape index (κ1) is 16.6. The lowest BCUT2D eigenvalue weighted by atomic mass is 10.1. The lowest BCUT2D eigenvalue weighted by Gasteiger charge is -2.15. The van der Waals surface area contributed by atoms with Crippen LogP contribution in [-0.4, -0.2) is 24.7 Å². The molecule has 2 aromatic rings. The number of hydrogen-bond acceptors (Lipinski definition) is 3. The minimum atomic E-state index is -0.927. The Hall–Kier alpha value is -1.75. The molecule has 0 spiro atoms. The summed E-state index contributed by atoms with van der Waals surface area (Å²) in [5.41, 5.74) is 0.908. The number of aliphatic hydroxyl groups is 1. The van der Waals surface area contributed by atoms with E-state index in [9.17, 15) is 9.90 Å². The molecule has 1 unspecified atom stereocenters. The predicted molar refractivity (Wildman–Crippen MR) is 86.7 cm³/mol. The van der Waals surface area contributed by atoms with Crippen LogP contribution in [0.25, 0.3) is 0 Å². The van der Waals surface area contributed by atoms with Gasteiger partial charge >= 0.3 is 0 Å². The van der Waals surface area contributed by atoms with E-state index in [4.69, 9.17) is 27.9 Å². The summed E-state index contributed by atoms with van der Waals surface area (Å²) in [6.07, 6.45) is -0.927. The molecule has 1 amide bonds. The van der Waals surface area contributed by atoms with Crippen molar-refractivity contribution in [3.05, 3.63) is 63.6 Å². The van der Waals surface area contributed by atoms with Crippen molar-refractivity contribution in [2.75, 3.05) is 13.7 Å². The highest BCUT2D eigenvalue weighted by Gasteiger charge is 2.16. The smallest absolute Gasteiger partial charge is 0.255 e. The number of nitrogens with one attached hydrogen (secondary N) is 1. The molecule has 0 heterocycles. The van der Waals surface area contributed by atoms with Crippen LogP contribution in [-0.2, 0) is 0 Å². The molecule has 0 aliphatic rings. The van der Waals surface area contributed by atoms with Crippen LogP contribution in [0.1, 0.15) is 22.0 Å². The number of methoxy groups -OCH3 is 1. The van der Waals surface area contributed by atoms with Crippen LogP contribution in [0.2, 0.25) is 10.0 Å². The number of ether oxygens (including phenoxy) is 1. The summed E-state index contributed by atoms with van der Waals surface area (Å²) < 4.78 is 5.13. The van der Waals surface area contributed by atoms with Gasteiger partial charge in [-0.05, 0) is 24.3 Å². The maximum atomic E-state index is 12.1. The zero-order chi connectivity index (χ0) is 16.1. The first-order chi connectivity index (χ1) is 10.5. The zero-order valence-corrected chi connectivity index (χ0v) is 13.4. The molecule has 0 fully saturated rings. The van der Waals surface area contributed by atoms with Gasteiger partial charge in [0.1, 0.15) is 5.75 Å². The zero-order valence-electron chi connectivity index (χ0n) is 11.8. The van der Waals surface area contributed by atoms with Crippen LogP contribution in [0.3, 0.4) is 0 Å². The average molecular weight is 340 g/mol. The van der Waals surface area contributed by atoms with E-state index in [2.05, 4.69) is 5.32 Å². The maximum absolute atomic E-state index is 12.1. The van der Waals surface area contributed by atoms with Crippen molar-refractivity contribution in [3.63, 3.8) is 0 Å². The molecule has 1 atom stereocenters. The molecule has 0 aromatic heterocycles. The summed E-state index contributed by atoms with van der Waals surface area (Å²) in [7, 11) is 1.49. The molecular weight excluding hydrogens is 325 g/mol. The highest BCUT2D eigenvalue weighted by molar-refractivity contribution is 6.35. The SMILES string of the molecule is COc1ccccc1C(=O)NCC(O)c1ccc(Cl)cc1Cl. The quantitative estimate of drug-likeness (QED) is 0.876. The van der Waals surface area contributed by atoms with E-state index in [0.717, 1.165) is 0 Å². The monoisotopic (exact) mass is 339 g/mol. The lowest BCUT2D eigenvalue weighted by Crippen LogP contribution is -2.28. The van der Waals surface area contributed by atoms with Crippen LogP contribution < -0.4 is 10.1 Å². The second kappa shape index (κ2) is 7.49. The fraction of sp³-hybridized carbons (Fsp3) is 0.188. The van der Waals surface area contributed by atoms with Crippen molar-refractivity contribution in [2.45, 2.75) is 6.10 Å². The van der Waals surface area contributed by atoms with E-state index in [1.807, 2.05) is 0 Å². The van der Waals surface area contributed by atoms with Gasteiger partial charge in [0.05, 0.1) is 18.8 Å². The fourth-order valence-electron chi connectivity index (χ4n) is 2.00. The number of benzene rings is 2. The van der Waals surface area contributed by atoms with E-state index >= 15 is 0 Å². The van der Waals surface area contributed by atoms with Gasteiger partial charge in [-0.2, -0.15) is 0 Å². The molecule has 2 N–H and O–H groups in total. The summed E-state index contributed by atoms with van der Waals surface area (Å²) in [6.45, 7) is 0.0260. The lowest BCUT2D eigenvalue weighted by molar-refractivity contribution is 0.0913. The van der Waals surface area contributed by atoms with E-state index in [1.54, 1.807) is 42.5 Å². The molecule has 0 radical (unpaired) electrons.